The Morgan fingerprint density at radius 3 is 2.75 bits per heavy atom. The first-order valence-electron chi connectivity index (χ1n) is 5.41. The molecule has 0 aliphatic rings. The fourth-order valence-electron chi connectivity index (χ4n) is 1.65. The van der Waals surface area contributed by atoms with Gasteiger partial charge in [0.25, 0.3) is 0 Å². The third-order valence-electron chi connectivity index (χ3n) is 2.51. The second-order valence-electron chi connectivity index (χ2n) is 4.49. The maximum absolute atomic E-state index is 11.2. The fourth-order valence-corrected chi connectivity index (χ4v) is 1.65. The number of rotatable bonds is 6. The molecule has 0 spiro atoms. The van der Waals surface area contributed by atoms with Crippen molar-refractivity contribution in [3.8, 4) is 0 Å². The van der Waals surface area contributed by atoms with E-state index in [1.54, 1.807) is 19.4 Å². The zero-order chi connectivity index (χ0) is 12.2. The van der Waals surface area contributed by atoms with Crippen LogP contribution in [-0.4, -0.2) is 32.2 Å². The van der Waals surface area contributed by atoms with Gasteiger partial charge in [0, 0.05) is 25.0 Å². The van der Waals surface area contributed by atoms with E-state index in [9.17, 15) is 9.90 Å². The highest BCUT2D eigenvalue weighted by molar-refractivity contribution is 5.78. The first-order chi connectivity index (χ1) is 7.44. The average Bonchev–Trinajstić information content (AvgIpc) is 2.65. The third-order valence-corrected chi connectivity index (χ3v) is 2.51. The van der Waals surface area contributed by atoms with Crippen LogP contribution >= 0.6 is 0 Å². The number of nitrogens with zero attached hydrogens (tertiary/aromatic N) is 2. The molecule has 0 aromatic carbocycles. The molecule has 1 heterocycles. The normalized spacial score (nSPS) is 15.0. The summed E-state index contributed by atoms with van der Waals surface area (Å²) in [5.41, 5.74) is -0.890. The lowest BCUT2D eigenvalue weighted by molar-refractivity contribution is -0.144. The monoisotopic (exact) mass is 225 g/mol. The van der Waals surface area contributed by atoms with Crippen molar-refractivity contribution in [2.75, 3.05) is 0 Å². The molecule has 0 radical (unpaired) electrons. The number of carboxylic acid groups (broad SMARTS) is 1. The van der Waals surface area contributed by atoms with Crippen LogP contribution in [0.25, 0.3) is 0 Å². The zero-order valence-corrected chi connectivity index (χ0v) is 9.97. The lowest BCUT2D eigenvalue weighted by Crippen LogP contribution is -2.52. The number of aromatic nitrogens is 2. The molecule has 1 unspecified atom stereocenters. The summed E-state index contributed by atoms with van der Waals surface area (Å²) in [4.78, 5) is 15.2. The molecule has 0 fully saturated rings. The van der Waals surface area contributed by atoms with Crippen molar-refractivity contribution in [2.24, 2.45) is 0 Å². The van der Waals surface area contributed by atoms with E-state index >= 15 is 0 Å². The van der Waals surface area contributed by atoms with Crippen molar-refractivity contribution < 1.29 is 9.90 Å². The molecule has 1 atom stereocenters. The van der Waals surface area contributed by atoms with Gasteiger partial charge < -0.3 is 9.67 Å². The average molecular weight is 225 g/mol. The Morgan fingerprint density at radius 1 is 1.62 bits per heavy atom. The lowest BCUT2D eigenvalue weighted by atomic mass is 9.97. The largest absolute Gasteiger partial charge is 0.480 e. The molecule has 0 amide bonds. The molecule has 0 aliphatic heterocycles. The Kier molecular flexibility index (Phi) is 4.06. The molecule has 5 heteroatoms. The van der Waals surface area contributed by atoms with Gasteiger partial charge in [-0.2, -0.15) is 0 Å². The van der Waals surface area contributed by atoms with Gasteiger partial charge in [0.2, 0.25) is 0 Å². The molecule has 1 aromatic rings. The number of imidazole rings is 1. The zero-order valence-electron chi connectivity index (χ0n) is 9.97. The SMILES string of the molecule is CC(C)NC(C)(CCn1ccnc1)C(=O)O. The quantitative estimate of drug-likeness (QED) is 0.761. The van der Waals surface area contributed by atoms with Crippen molar-refractivity contribution in [3.05, 3.63) is 18.7 Å². The maximum Gasteiger partial charge on any atom is 0.323 e. The van der Waals surface area contributed by atoms with Gasteiger partial charge in [-0.05, 0) is 27.2 Å². The molecular formula is C11H19N3O2. The summed E-state index contributed by atoms with van der Waals surface area (Å²) in [6.07, 6.45) is 5.74. The molecular weight excluding hydrogens is 206 g/mol. The fraction of sp³-hybridized carbons (Fsp3) is 0.636. The molecule has 0 bridgehead atoms. The Bertz CT molecular complexity index is 335. The molecule has 2 N–H and O–H groups in total. The van der Waals surface area contributed by atoms with Gasteiger partial charge in [-0.1, -0.05) is 0 Å². The van der Waals surface area contributed by atoms with Crippen LogP contribution in [0.2, 0.25) is 0 Å². The minimum Gasteiger partial charge on any atom is -0.480 e. The van der Waals surface area contributed by atoms with E-state index < -0.39 is 11.5 Å². The molecule has 0 aliphatic carbocycles. The van der Waals surface area contributed by atoms with E-state index in [4.69, 9.17) is 0 Å². The van der Waals surface area contributed by atoms with Crippen LogP contribution < -0.4 is 5.32 Å². The number of aryl methyl sites for hydroxylation is 1. The molecule has 1 aromatic heterocycles. The van der Waals surface area contributed by atoms with Crippen molar-refractivity contribution in [1.29, 1.82) is 0 Å². The number of hydrogen-bond donors (Lipinski definition) is 2. The summed E-state index contributed by atoms with van der Waals surface area (Å²) in [7, 11) is 0. The predicted molar refractivity (Wildman–Crippen MR) is 61.2 cm³/mol. The third kappa shape index (κ3) is 3.34. The first kappa shape index (κ1) is 12.7. The van der Waals surface area contributed by atoms with E-state index in [1.165, 1.54) is 0 Å². The minimum atomic E-state index is -0.890. The molecule has 90 valence electrons. The molecule has 0 saturated heterocycles. The first-order valence-corrected chi connectivity index (χ1v) is 5.41. The smallest absolute Gasteiger partial charge is 0.323 e. The number of hydrogen-bond acceptors (Lipinski definition) is 3. The molecule has 1 rings (SSSR count). The van der Waals surface area contributed by atoms with Gasteiger partial charge in [0.1, 0.15) is 5.54 Å². The van der Waals surface area contributed by atoms with Crippen molar-refractivity contribution in [3.63, 3.8) is 0 Å². The summed E-state index contributed by atoms with van der Waals surface area (Å²) >= 11 is 0. The minimum absolute atomic E-state index is 0.142. The summed E-state index contributed by atoms with van der Waals surface area (Å²) in [5.74, 6) is -0.818. The summed E-state index contributed by atoms with van der Waals surface area (Å²) in [5, 5.41) is 12.3. The van der Waals surface area contributed by atoms with Crippen LogP contribution in [0.15, 0.2) is 18.7 Å². The Hall–Kier alpha value is -1.36. The van der Waals surface area contributed by atoms with Crippen molar-refractivity contribution in [2.45, 2.75) is 45.3 Å². The second-order valence-corrected chi connectivity index (χ2v) is 4.49. The van der Waals surface area contributed by atoms with Crippen LogP contribution in [-0.2, 0) is 11.3 Å². The number of nitrogens with one attached hydrogen (secondary N) is 1. The van der Waals surface area contributed by atoms with Gasteiger partial charge in [0.15, 0.2) is 0 Å². The van der Waals surface area contributed by atoms with E-state index in [0.717, 1.165) is 0 Å². The van der Waals surface area contributed by atoms with Gasteiger partial charge in [-0.15, -0.1) is 0 Å². The number of aliphatic carboxylic acids is 1. The van der Waals surface area contributed by atoms with Crippen LogP contribution in [0.5, 0.6) is 0 Å². The standard InChI is InChI=1S/C11H19N3O2/c1-9(2)13-11(3,10(15)16)4-6-14-7-5-12-8-14/h5,7-9,13H,4,6H2,1-3H3,(H,15,16). The molecule has 16 heavy (non-hydrogen) atoms. The number of carboxylic acids is 1. The van der Waals surface area contributed by atoms with E-state index in [1.807, 2.05) is 24.6 Å². The lowest BCUT2D eigenvalue weighted by Gasteiger charge is -2.28. The van der Waals surface area contributed by atoms with Crippen molar-refractivity contribution in [1.82, 2.24) is 14.9 Å². The second kappa shape index (κ2) is 5.12. The summed E-state index contributed by atoms with van der Waals surface area (Å²) in [6.45, 7) is 6.24. The van der Waals surface area contributed by atoms with Gasteiger partial charge >= 0.3 is 5.97 Å². The van der Waals surface area contributed by atoms with Crippen LogP contribution in [0, 0.1) is 0 Å². The Morgan fingerprint density at radius 2 is 2.31 bits per heavy atom. The van der Waals surface area contributed by atoms with Crippen molar-refractivity contribution >= 4 is 5.97 Å². The maximum atomic E-state index is 11.2. The molecule has 0 saturated carbocycles. The molecule has 5 nitrogen and oxygen atoms in total. The highest BCUT2D eigenvalue weighted by Gasteiger charge is 2.32. The van der Waals surface area contributed by atoms with Crippen LogP contribution in [0.3, 0.4) is 0 Å². The predicted octanol–water partition coefficient (Wildman–Crippen LogP) is 1.11. The van der Waals surface area contributed by atoms with E-state index in [-0.39, 0.29) is 6.04 Å². The van der Waals surface area contributed by atoms with E-state index in [0.29, 0.717) is 13.0 Å². The Balaban J connectivity index is 2.61. The van der Waals surface area contributed by atoms with Gasteiger partial charge in [0.05, 0.1) is 6.33 Å². The summed E-state index contributed by atoms with van der Waals surface area (Å²) < 4.78 is 1.88. The van der Waals surface area contributed by atoms with Crippen LogP contribution in [0.1, 0.15) is 27.2 Å². The topological polar surface area (TPSA) is 67.2 Å². The summed E-state index contributed by atoms with van der Waals surface area (Å²) in [6, 6.07) is 0.142. The highest BCUT2D eigenvalue weighted by atomic mass is 16.4. The number of carbonyl (C=O) groups is 1. The van der Waals surface area contributed by atoms with Crippen LogP contribution in [0.4, 0.5) is 0 Å². The van der Waals surface area contributed by atoms with E-state index in [2.05, 4.69) is 10.3 Å². The van der Waals surface area contributed by atoms with Gasteiger partial charge in [-0.25, -0.2) is 4.98 Å². The van der Waals surface area contributed by atoms with Gasteiger partial charge in [-0.3, -0.25) is 10.1 Å². The highest BCUT2D eigenvalue weighted by Crippen LogP contribution is 2.12. The Labute approximate surface area is 95.5 Å².